The number of benzene rings is 1. The lowest BCUT2D eigenvalue weighted by atomic mass is 9.75. The van der Waals surface area contributed by atoms with Crippen molar-refractivity contribution >= 4 is 17.6 Å². The number of alkyl halides is 2. The van der Waals surface area contributed by atoms with E-state index in [2.05, 4.69) is 28.5 Å². The van der Waals surface area contributed by atoms with Crippen molar-refractivity contribution in [1.29, 1.82) is 0 Å². The van der Waals surface area contributed by atoms with E-state index in [1.54, 1.807) is 35.1 Å². The standard InChI is InChI=1S/C33H44F2N6O2/c1-32(2,3)43-31(42)39-15-11-27-26(20-39)30(37-41(27)23-9-12-33(4,5)13-10-23)40-14-7-8-21-16-24(22-18-36-38(6)19-22)25(29(34)35)17-28(21)40/h16-19,23,29H,7-15,20H2,1-6H3. The summed E-state index contributed by atoms with van der Waals surface area (Å²) in [5.41, 5.74) is 4.91. The Labute approximate surface area is 253 Å². The number of carbonyl (C=O) groups is 1. The third kappa shape index (κ3) is 5.89. The molecule has 6 rings (SSSR count). The van der Waals surface area contributed by atoms with Gasteiger partial charge in [-0.25, -0.2) is 13.6 Å². The second-order valence-corrected chi connectivity index (χ2v) is 14.3. The first-order chi connectivity index (χ1) is 20.3. The van der Waals surface area contributed by atoms with Crippen LogP contribution in [-0.4, -0.2) is 49.2 Å². The van der Waals surface area contributed by atoms with Gasteiger partial charge in [0.05, 0.1) is 18.8 Å². The molecule has 8 nitrogen and oxygen atoms in total. The fraction of sp³-hybridized carbons (Fsp3) is 0.606. The number of hydrogen-bond donors (Lipinski definition) is 0. The Hall–Kier alpha value is -3.43. The lowest BCUT2D eigenvalue weighted by molar-refractivity contribution is 0.0222. The van der Waals surface area contributed by atoms with Gasteiger partial charge in [0.15, 0.2) is 5.82 Å². The van der Waals surface area contributed by atoms with Crippen LogP contribution in [0, 0.1) is 5.41 Å². The van der Waals surface area contributed by atoms with Crippen molar-refractivity contribution in [2.45, 2.75) is 104 Å². The third-order valence-corrected chi connectivity index (χ3v) is 9.25. The van der Waals surface area contributed by atoms with E-state index in [4.69, 9.17) is 9.84 Å². The van der Waals surface area contributed by atoms with Gasteiger partial charge in [-0.3, -0.25) is 9.36 Å². The fourth-order valence-electron chi connectivity index (χ4n) is 6.92. The highest BCUT2D eigenvalue weighted by Gasteiger charge is 2.37. The van der Waals surface area contributed by atoms with Crippen LogP contribution in [0.15, 0.2) is 24.5 Å². The minimum absolute atomic E-state index is 0.00292. The normalized spacial score (nSPS) is 19.0. The van der Waals surface area contributed by atoms with Gasteiger partial charge in [-0.1, -0.05) is 13.8 Å². The lowest BCUT2D eigenvalue weighted by Gasteiger charge is -2.36. The number of aryl methyl sites for hydroxylation is 2. The first-order valence-corrected chi connectivity index (χ1v) is 15.6. The predicted molar refractivity (Wildman–Crippen MR) is 163 cm³/mol. The molecule has 10 heteroatoms. The molecular weight excluding hydrogens is 550 g/mol. The molecule has 0 atom stereocenters. The Balaban J connectivity index is 1.43. The molecule has 0 unspecified atom stereocenters. The molecule has 0 radical (unpaired) electrons. The molecule has 0 bridgehead atoms. The van der Waals surface area contributed by atoms with E-state index in [1.165, 1.54) is 0 Å². The van der Waals surface area contributed by atoms with Crippen LogP contribution in [-0.2, 0) is 31.2 Å². The highest BCUT2D eigenvalue weighted by atomic mass is 19.3. The van der Waals surface area contributed by atoms with Gasteiger partial charge in [-0.2, -0.15) is 10.2 Å². The number of ether oxygens (including phenoxy) is 1. The van der Waals surface area contributed by atoms with Crippen LogP contribution in [0.25, 0.3) is 11.1 Å². The average Bonchev–Trinajstić information content (AvgIpc) is 3.54. The molecule has 1 fully saturated rings. The van der Waals surface area contributed by atoms with Crippen LogP contribution < -0.4 is 4.90 Å². The van der Waals surface area contributed by atoms with Crippen molar-refractivity contribution in [3.8, 4) is 11.1 Å². The summed E-state index contributed by atoms with van der Waals surface area (Å²) < 4.78 is 38.7. The van der Waals surface area contributed by atoms with Crippen molar-refractivity contribution in [2.24, 2.45) is 12.5 Å². The molecule has 0 spiro atoms. The first-order valence-electron chi connectivity index (χ1n) is 15.6. The number of hydrogen-bond acceptors (Lipinski definition) is 5. The third-order valence-electron chi connectivity index (χ3n) is 9.25. The van der Waals surface area contributed by atoms with Crippen LogP contribution in [0.2, 0.25) is 0 Å². The minimum atomic E-state index is -2.64. The molecule has 0 saturated heterocycles. The van der Waals surface area contributed by atoms with Gasteiger partial charge < -0.3 is 14.5 Å². The first kappa shape index (κ1) is 29.6. The highest BCUT2D eigenvalue weighted by Crippen LogP contribution is 2.45. The molecule has 2 aliphatic heterocycles. The summed E-state index contributed by atoms with van der Waals surface area (Å²) in [4.78, 5) is 17.0. The average molecular weight is 595 g/mol. The number of aromatic nitrogens is 4. The molecular formula is C33H44F2N6O2. The van der Waals surface area contributed by atoms with E-state index in [-0.39, 0.29) is 17.7 Å². The summed E-state index contributed by atoms with van der Waals surface area (Å²) in [5.74, 6) is 0.781. The molecule has 232 valence electrons. The smallest absolute Gasteiger partial charge is 0.410 e. The van der Waals surface area contributed by atoms with Crippen LogP contribution in [0.4, 0.5) is 25.1 Å². The molecule has 1 aliphatic carbocycles. The lowest BCUT2D eigenvalue weighted by Crippen LogP contribution is -2.40. The predicted octanol–water partition coefficient (Wildman–Crippen LogP) is 7.74. The van der Waals surface area contributed by atoms with Crippen LogP contribution in [0.3, 0.4) is 0 Å². The Kier molecular flexibility index (Phi) is 7.53. The molecule has 3 aliphatic rings. The van der Waals surface area contributed by atoms with E-state index < -0.39 is 12.0 Å². The number of nitrogens with zero attached hydrogens (tertiary/aromatic N) is 6. The number of amides is 1. The van der Waals surface area contributed by atoms with E-state index in [9.17, 15) is 13.6 Å². The molecule has 2 aromatic heterocycles. The minimum Gasteiger partial charge on any atom is -0.444 e. The molecule has 1 amide bonds. The Bertz CT molecular complexity index is 1510. The van der Waals surface area contributed by atoms with E-state index in [0.29, 0.717) is 42.6 Å². The van der Waals surface area contributed by atoms with Crippen LogP contribution in [0.1, 0.15) is 102 Å². The molecule has 1 aromatic carbocycles. The molecule has 1 saturated carbocycles. The number of fused-ring (bicyclic) bond motifs is 2. The largest absolute Gasteiger partial charge is 0.444 e. The summed E-state index contributed by atoms with van der Waals surface area (Å²) in [6.07, 6.45) is 7.18. The zero-order valence-corrected chi connectivity index (χ0v) is 26.3. The van der Waals surface area contributed by atoms with Crippen molar-refractivity contribution in [3.05, 3.63) is 46.9 Å². The summed E-state index contributed by atoms with van der Waals surface area (Å²) in [5, 5.41) is 9.50. The van der Waals surface area contributed by atoms with E-state index in [1.807, 2.05) is 26.8 Å². The van der Waals surface area contributed by atoms with Crippen molar-refractivity contribution in [3.63, 3.8) is 0 Å². The Morgan fingerprint density at radius 3 is 2.51 bits per heavy atom. The number of rotatable bonds is 4. The highest BCUT2D eigenvalue weighted by molar-refractivity contribution is 5.77. The van der Waals surface area contributed by atoms with Gasteiger partial charge in [0, 0.05) is 60.8 Å². The molecule has 43 heavy (non-hydrogen) atoms. The molecule has 4 heterocycles. The van der Waals surface area contributed by atoms with E-state index >= 15 is 0 Å². The maximum Gasteiger partial charge on any atom is 0.410 e. The number of carbonyl (C=O) groups excluding carboxylic acids is 1. The van der Waals surface area contributed by atoms with Crippen molar-refractivity contribution in [2.75, 3.05) is 18.0 Å². The molecule has 3 aromatic rings. The van der Waals surface area contributed by atoms with Crippen LogP contribution in [0.5, 0.6) is 0 Å². The summed E-state index contributed by atoms with van der Waals surface area (Å²) in [6.45, 7) is 11.9. The Morgan fingerprint density at radius 2 is 1.86 bits per heavy atom. The molecule has 0 N–H and O–H groups in total. The van der Waals surface area contributed by atoms with Gasteiger partial charge in [0.1, 0.15) is 5.60 Å². The Morgan fingerprint density at radius 1 is 1.12 bits per heavy atom. The summed E-state index contributed by atoms with van der Waals surface area (Å²) in [6, 6.07) is 3.86. The summed E-state index contributed by atoms with van der Waals surface area (Å²) >= 11 is 0. The summed E-state index contributed by atoms with van der Waals surface area (Å²) in [7, 11) is 1.79. The van der Waals surface area contributed by atoms with Gasteiger partial charge >= 0.3 is 6.09 Å². The maximum absolute atomic E-state index is 14.6. The van der Waals surface area contributed by atoms with Gasteiger partial charge in [-0.15, -0.1) is 0 Å². The van der Waals surface area contributed by atoms with Crippen LogP contribution >= 0.6 is 0 Å². The maximum atomic E-state index is 14.6. The zero-order chi connectivity index (χ0) is 30.7. The quantitative estimate of drug-likeness (QED) is 0.309. The van der Waals surface area contributed by atoms with Gasteiger partial charge in [-0.05, 0) is 88.0 Å². The van der Waals surface area contributed by atoms with Gasteiger partial charge in [0.2, 0.25) is 0 Å². The topological polar surface area (TPSA) is 68.4 Å². The SMILES string of the molecule is Cn1cc(-c2cc3c(cc2C(F)F)N(c2nn(C4CCC(C)(C)CC4)c4c2CN(C(=O)OC(C)(C)C)CC4)CCC3)cn1. The van der Waals surface area contributed by atoms with Gasteiger partial charge in [0.25, 0.3) is 6.43 Å². The van der Waals surface area contributed by atoms with E-state index in [0.717, 1.165) is 66.9 Å². The zero-order valence-electron chi connectivity index (χ0n) is 26.3. The fourth-order valence-corrected chi connectivity index (χ4v) is 6.92. The number of halogens is 2. The second-order valence-electron chi connectivity index (χ2n) is 14.3. The number of anilines is 2. The van der Waals surface area contributed by atoms with Crippen molar-refractivity contribution in [1.82, 2.24) is 24.5 Å². The monoisotopic (exact) mass is 594 g/mol. The second kappa shape index (κ2) is 10.9. The van der Waals surface area contributed by atoms with Crippen molar-refractivity contribution < 1.29 is 18.3 Å².